The Kier molecular flexibility index (Phi) is 4.40. The van der Waals surface area contributed by atoms with Crippen molar-refractivity contribution in [2.75, 3.05) is 38.6 Å². The van der Waals surface area contributed by atoms with Gasteiger partial charge in [0.15, 0.2) is 0 Å². The van der Waals surface area contributed by atoms with E-state index in [1.54, 1.807) is 0 Å². The molecule has 5 nitrogen and oxygen atoms in total. The fourth-order valence-electron chi connectivity index (χ4n) is 3.65. The molecule has 1 saturated heterocycles. The molecular weight excluding hydrogens is 310 g/mol. The van der Waals surface area contributed by atoms with Gasteiger partial charge in [0.2, 0.25) is 0 Å². The molecule has 1 aliphatic heterocycles. The van der Waals surface area contributed by atoms with E-state index in [9.17, 15) is 0 Å². The van der Waals surface area contributed by atoms with E-state index in [4.69, 9.17) is 0 Å². The van der Waals surface area contributed by atoms with Crippen molar-refractivity contribution >= 4 is 16.7 Å². The Balaban J connectivity index is 1.73. The summed E-state index contributed by atoms with van der Waals surface area (Å²) < 4.78 is 2.10. The van der Waals surface area contributed by atoms with Gasteiger partial charge in [-0.1, -0.05) is 29.5 Å². The molecule has 0 saturated carbocycles. The van der Waals surface area contributed by atoms with Crippen LogP contribution in [0.2, 0.25) is 0 Å². The van der Waals surface area contributed by atoms with E-state index in [1.807, 2.05) is 12.1 Å². The van der Waals surface area contributed by atoms with E-state index in [1.165, 1.54) is 37.2 Å². The molecule has 4 rings (SSSR count). The van der Waals surface area contributed by atoms with Gasteiger partial charge in [0.1, 0.15) is 5.52 Å². The van der Waals surface area contributed by atoms with Crippen molar-refractivity contribution in [1.82, 2.24) is 19.9 Å². The fourth-order valence-corrected chi connectivity index (χ4v) is 3.65. The van der Waals surface area contributed by atoms with Crippen LogP contribution in [0.15, 0.2) is 48.5 Å². The van der Waals surface area contributed by atoms with Crippen LogP contribution in [0.25, 0.3) is 11.0 Å². The first kappa shape index (κ1) is 16.1. The molecule has 1 aliphatic rings. The lowest BCUT2D eigenvalue weighted by atomic mass is 10.1. The maximum atomic E-state index is 4.50. The van der Waals surface area contributed by atoms with Crippen LogP contribution in [-0.2, 0) is 0 Å². The molecule has 0 aliphatic carbocycles. The minimum Gasteiger partial charge on any atom is -0.378 e. The third-order valence-corrected chi connectivity index (χ3v) is 5.10. The number of fused-ring (bicyclic) bond motifs is 1. The SMILES string of the molecule is CN(C)c1ccc(C(CN2CCCC2)n2nnc3ccccc32)cc1. The Morgan fingerprint density at radius 3 is 2.44 bits per heavy atom. The number of likely N-dealkylation sites (tertiary alicyclic amines) is 1. The molecule has 5 heteroatoms. The van der Waals surface area contributed by atoms with Gasteiger partial charge in [-0.25, -0.2) is 4.68 Å². The number of rotatable bonds is 5. The van der Waals surface area contributed by atoms with Crippen molar-refractivity contribution in [3.63, 3.8) is 0 Å². The zero-order valence-electron chi connectivity index (χ0n) is 15.0. The van der Waals surface area contributed by atoms with Gasteiger partial charge in [-0.3, -0.25) is 0 Å². The Morgan fingerprint density at radius 2 is 1.72 bits per heavy atom. The van der Waals surface area contributed by atoms with Gasteiger partial charge in [-0.05, 0) is 55.8 Å². The number of nitrogens with zero attached hydrogens (tertiary/aromatic N) is 5. The van der Waals surface area contributed by atoms with E-state index >= 15 is 0 Å². The molecule has 0 spiro atoms. The standard InChI is InChI=1S/C20H25N5/c1-23(2)17-11-9-16(10-12-17)20(15-24-13-5-6-14-24)25-19-8-4-3-7-18(19)21-22-25/h3-4,7-12,20H,5-6,13-15H2,1-2H3. The molecular formula is C20H25N5. The van der Waals surface area contributed by atoms with Gasteiger partial charge in [-0.15, -0.1) is 5.10 Å². The quantitative estimate of drug-likeness (QED) is 0.718. The number of aromatic nitrogens is 3. The molecule has 1 unspecified atom stereocenters. The largest absolute Gasteiger partial charge is 0.378 e. The summed E-state index contributed by atoms with van der Waals surface area (Å²) in [6, 6.07) is 17.2. The first-order chi connectivity index (χ1) is 12.2. The van der Waals surface area contributed by atoms with Crippen LogP contribution in [0.4, 0.5) is 5.69 Å². The minimum absolute atomic E-state index is 0.182. The monoisotopic (exact) mass is 335 g/mol. The first-order valence-electron chi connectivity index (χ1n) is 9.02. The maximum Gasteiger partial charge on any atom is 0.113 e. The minimum atomic E-state index is 0.182. The molecule has 1 atom stereocenters. The third-order valence-electron chi connectivity index (χ3n) is 5.10. The second-order valence-corrected chi connectivity index (χ2v) is 7.03. The first-order valence-corrected chi connectivity index (χ1v) is 9.02. The fraction of sp³-hybridized carbons (Fsp3) is 0.400. The van der Waals surface area contributed by atoms with Gasteiger partial charge in [0.05, 0.1) is 11.6 Å². The number of anilines is 1. The highest BCUT2D eigenvalue weighted by Gasteiger charge is 2.23. The molecule has 0 bridgehead atoms. The van der Waals surface area contributed by atoms with Crippen LogP contribution in [0.3, 0.4) is 0 Å². The highest BCUT2D eigenvalue weighted by Crippen LogP contribution is 2.26. The Morgan fingerprint density at radius 1 is 1.00 bits per heavy atom. The van der Waals surface area contributed by atoms with Crippen LogP contribution in [0, 0.1) is 0 Å². The van der Waals surface area contributed by atoms with Gasteiger partial charge >= 0.3 is 0 Å². The maximum absolute atomic E-state index is 4.50. The normalized spacial score (nSPS) is 16.4. The summed E-state index contributed by atoms with van der Waals surface area (Å²) in [7, 11) is 4.14. The molecule has 0 N–H and O–H groups in total. The number of hydrogen-bond acceptors (Lipinski definition) is 4. The Labute approximate surface area is 148 Å². The topological polar surface area (TPSA) is 37.2 Å². The summed E-state index contributed by atoms with van der Waals surface area (Å²) in [5.74, 6) is 0. The molecule has 1 fully saturated rings. The molecule has 25 heavy (non-hydrogen) atoms. The van der Waals surface area contributed by atoms with Crippen molar-refractivity contribution in [2.24, 2.45) is 0 Å². The summed E-state index contributed by atoms with van der Waals surface area (Å²) in [6.07, 6.45) is 2.59. The van der Waals surface area contributed by atoms with E-state index in [2.05, 4.69) is 75.3 Å². The Bertz CT molecular complexity index is 831. The molecule has 0 amide bonds. The lowest BCUT2D eigenvalue weighted by molar-refractivity contribution is 0.290. The Hall–Kier alpha value is -2.40. The summed E-state index contributed by atoms with van der Waals surface area (Å²) in [4.78, 5) is 4.67. The van der Waals surface area contributed by atoms with Crippen LogP contribution in [0.1, 0.15) is 24.4 Å². The summed E-state index contributed by atoms with van der Waals surface area (Å²) in [6.45, 7) is 3.34. The van der Waals surface area contributed by atoms with Crippen molar-refractivity contribution < 1.29 is 0 Å². The average molecular weight is 335 g/mol. The summed E-state index contributed by atoms with van der Waals surface area (Å²) in [5, 5.41) is 8.87. The van der Waals surface area contributed by atoms with E-state index in [0.717, 1.165) is 17.6 Å². The summed E-state index contributed by atoms with van der Waals surface area (Å²) >= 11 is 0. The van der Waals surface area contributed by atoms with Crippen molar-refractivity contribution in [3.05, 3.63) is 54.1 Å². The predicted molar refractivity (Wildman–Crippen MR) is 102 cm³/mol. The van der Waals surface area contributed by atoms with Gasteiger partial charge in [-0.2, -0.15) is 0 Å². The average Bonchev–Trinajstić information content (AvgIpc) is 3.29. The smallest absolute Gasteiger partial charge is 0.113 e. The van der Waals surface area contributed by atoms with Gasteiger partial charge < -0.3 is 9.80 Å². The van der Waals surface area contributed by atoms with E-state index in [0.29, 0.717) is 0 Å². The van der Waals surface area contributed by atoms with Crippen molar-refractivity contribution in [3.8, 4) is 0 Å². The van der Waals surface area contributed by atoms with Crippen molar-refractivity contribution in [1.29, 1.82) is 0 Å². The van der Waals surface area contributed by atoms with Gasteiger partial charge in [0, 0.05) is 26.3 Å². The van der Waals surface area contributed by atoms with E-state index in [-0.39, 0.29) is 6.04 Å². The lowest BCUT2D eigenvalue weighted by Crippen LogP contribution is -2.30. The molecule has 1 aromatic heterocycles. The van der Waals surface area contributed by atoms with Crippen LogP contribution in [0.5, 0.6) is 0 Å². The molecule has 2 heterocycles. The van der Waals surface area contributed by atoms with Crippen LogP contribution in [-0.4, -0.2) is 53.6 Å². The summed E-state index contributed by atoms with van der Waals surface area (Å²) in [5.41, 5.74) is 4.56. The highest BCUT2D eigenvalue weighted by molar-refractivity contribution is 5.74. The lowest BCUT2D eigenvalue weighted by Gasteiger charge is -2.25. The van der Waals surface area contributed by atoms with Crippen molar-refractivity contribution in [2.45, 2.75) is 18.9 Å². The molecule has 2 aromatic carbocycles. The van der Waals surface area contributed by atoms with Crippen LogP contribution < -0.4 is 4.90 Å². The second-order valence-electron chi connectivity index (χ2n) is 7.03. The van der Waals surface area contributed by atoms with E-state index < -0.39 is 0 Å². The third kappa shape index (κ3) is 3.24. The highest BCUT2D eigenvalue weighted by atomic mass is 15.4. The van der Waals surface area contributed by atoms with Gasteiger partial charge in [0.25, 0.3) is 0 Å². The predicted octanol–water partition coefficient (Wildman–Crippen LogP) is 3.18. The number of hydrogen-bond donors (Lipinski definition) is 0. The zero-order valence-corrected chi connectivity index (χ0v) is 15.0. The second kappa shape index (κ2) is 6.84. The zero-order chi connectivity index (χ0) is 17.2. The molecule has 130 valence electrons. The molecule has 0 radical (unpaired) electrons. The number of benzene rings is 2. The molecule has 3 aromatic rings. The number of para-hydroxylation sites is 1. The van der Waals surface area contributed by atoms with Crippen LogP contribution >= 0.6 is 0 Å².